The molecule has 2 aliphatic rings. The van der Waals surface area contributed by atoms with Gasteiger partial charge in [0.05, 0.1) is 30.0 Å². The van der Waals surface area contributed by atoms with E-state index in [1.165, 1.54) is 9.91 Å². The summed E-state index contributed by atoms with van der Waals surface area (Å²) in [5.41, 5.74) is 9.92. The molecule has 14 nitrogen and oxygen atoms in total. The molecule has 2 aliphatic heterocycles. The Hall–Kier alpha value is -6.00. The van der Waals surface area contributed by atoms with Gasteiger partial charge in [-0.1, -0.05) is 64.6 Å². The fraction of sp³-hybridized carbons (Fsp3) is 0.490. The minimum Gasteiger partial charge on any atom is -0.467 e. The summed E-state index contributed by atoms with van der Waals surface area (Å²) in [6.07, 6.45) is 4.94. The number of alkyl halides is 2. The number of fused-ring (bicyclic) bond motifs is 1. The zero-order chi connectivity index (χ0) is 48.6. The largest absolute Gasteiger partial charge is 0.467 e. The Balaban J connectivity index is 1.37. The molecule has 2 aromatic carbocycles. The van der Waals surface area contributed by atoms with Crippen molar-refractivity contribution in [3.8, 4) is 22.4 Å². The number of aryl methyl sites for hydroxylation is 1. The maximum Gasteiger partial charge on any atom is 0.318 e. The first-order valence-electron chi connectivity index (χ1n) is 23.2. The van der Waals surface area contributed by atoms with Crippen molar-refractivity contribution in [3.63, 3.8) is 0 Å². The van der Waals surface area contributed by atoms with E-state index in [0.717, 1.165) is 63.5 Å². The lowest BCUT2D eigenvalue weighted by Crippen LogP contribution is -2.61. The van der Waals surface area contributed by atoms with Crippen LogP contribution in [0.25, 0.3) is 33.3 Å². The molecule has 2 saturated heterocycles. The van der Waals surface area contributed by atoms with Gasteiger partial charge in [0.15, 0.2) is 0 Å². The summed E-state index contributed by atoms with van der Waals surface area (Å²) in [6, 6.07) is 15.1. The van der Waals surface area contributed by atoms with Crippen LogP contribution in [0.15, 0.2) is 73.4 Å². The van der Waals surface area contributed by atoms with Gasteiger partial charge < -0.3 is 24.3 Å². The number of carbonyl (C=O) groups excluding carboxylic acids is 5. The number of methoxy groups -OCH3 is 1. The third kappa shape index (κ3) is 11.4. The highest BCUT2D eigenvalue weighted by atomic mass is 19.3. The van der Waals surface area contributed by atoms with Crippen LogP contribution in [0.5, 0.6) is 0 Å². The van der Waals surface area contributed by atoms with Crippen LogP contribution in [0.2, 0.25) is 0 Å². The van der Waals surface area contributed by atoms with E-state index in [-0.39, 0.29) is 38.6 Å². The number of nitrogens with zero attached hydrogens (tertiary/aromatic N) is 5. The molecular weight excluding hydrogens is 861 g/mol. The van der Waals surface area contributed by atoms with Gasteiger partial charge in [-0.05, 0) is 98.0 Å². The van der Waals surface area contributed by atoms with E-state index in [1.54, 1.807) is 27.2 Å². The summed E-state index contributed by atoms with van der Waals surface area (Å²) < 4.78 is 43.3. The number of hydrogen-bond donors (Lipinski definition) is 2. The van der Waals surface area contributed by atoms with E-state index in [2.05, 4.69) is 60.9 Å². The molecule has 0 saturated carbocycles. The Morgan fingerprint density at radius 1 is 1.04 bits per heavy atom. The van der Waals surface area contributed by atoms with Crippen molar-refractivity contribution >= 4 is 41.0 Å². The fourth-order valence-corrected chi connectivity index (χ4v) is 9.50. The van der Waals surface area contributed by atoms with Gasteiger partial charge in [0.25, 0.3) is 12.4 Å². The standard InChI is InChI=1S/C51H65F2N7O7/c1-9-43(62)57-24-20-37(29-57)48(64)60(50(52)53)45(32(3)4)47(63)56-41(49(65)59-23-12-11-22-55-59)26-34-15-13-16-35(25-34)36-18-19-42-39(27-36)40(28-51(6,7)30-67-31-61)46(58(42)10-2)38-17-14-21-54-44(38)33(5)66-8/h9,13-19,21,25,27,31-33,37,41,45,50,55H,1,10-12,20,22-24,26,28-30H2,2-8H3,(H,56,63). The van der Waals surface area contributed by atoms with Gasteiger partial charge in [0, 0.05) is 74.3 Å². The third-order valence-electron chi connectivity index (χ3n) is 12.9. The highest BCUT2D eigenvalue weighted by Crippen LogP contribution is 2.42. The molecule has 4 atom stereocenters. The zero-order valence-electron chi connectivity index (χ0n) is 39.7. The number of hydrogen-bond acceptors (Lipinski definition) is 9. The summed E-state index contributed by atoms with van der Waals surface area (Å²) in [6.45, 7) is 13.9. The molecule has 2 fully saturated rings. The molecule has 0 spiro atoms. The quantitative estimate of drug-likeness (QED) is 0.0537. The molecule has 16 heteroatoms. The Morgan fingerprint density at radius 2 is 1.81 bits per heavy atom. The van der Waals surface area contributed by atoms with Crippen LogP contribution in [0.1, 0.15) is 83.7 Å². The van der Waals surface area contributed by atoms with Gasteiger partial charge in [0.1, 0.15) is 12.1 Å². The number of amides is 4. The highest BCUT2D eigenvalue weighted by Gasteiger charge is 2.44. The summed E-state index contributed by atoms with van der Waals surface area (Å²) in [7, 11) is 1.66. The van der Waals surface area contributed by atoms with E-state index in [1.807, 2.05) is 43.3 Å². The molecule has 67 heavy (non-hydrogen) atoms. The number of pyridine rings is 1. The first kappa shape index (κ1) is 50.4. The van der Waals surface area contributed by atoms with Crippen molar-refractivity contribution in [1.29, 1.82) is 0 Å². The van der Waals surface area contributed by atoms with E-state index >= 15 is 0 Å². The van der Waals surface area contributed by atoms with Crippen LogP contribution in [0.4, 0.5) is 8.78 Å². The number of nitrogens with one attached hydrogen (secondary N) is 2. The zero-order valence-corrected chi connectivity index (χ0v) is 39.7. The van der Waals surface area contributed by atoms with Crippen LogP contribution in [0, 0.1) is 17.3 Å². The summed E-state index contributed by atoms with van der Waals surface area (Å²) in [5, 5.41) is 5.29. The number of halogens is 2. The molecule has 4 unspecified atom stereocenters. The molecule has 360 valence electrons. The minimum absolute atomic E-state index is 0.0293. The second-order valence-electron chi connectivity index (χ2n) is 18.6. The second-order valence-corrected chi connectivity index (χ2v) is 18.6. The van der Waals surface area contributed by atoms with E-state index < -0.39 is 59.5 Å². The van der Waals surface area contributed by atoms with Crippen molar-refractivity contribution in [1.82, 2.24) is 35.1 Å². The predicted molar refractivity (Wildman–Crippen MR) is 252 cm³/mol. The first-order chi connectivity index (χ1) is 32.0. The average molecular weight is 926 g/mol. The molecule has 2 N–H and O–H groups in total. The van der Waals surface area contributed by atoms with Crippen molar-refractivity contribution in [2.75, 3.05) is 39.9 Å². The number of likely N-dealkylation sites (tertiary alicyclic amines) is 1. The van der Waals surface area contributed by atoms with Crippen LogP contribution in [0.3, 0.4) is 0 Å². The normalized spacial score (nSPS) is 16.8. The van der Waals surface area contributed by atoms with Gasteiger partial charge in [-0.2, -0.15) is 8.78 Å². The minimum atomic E-state index is -3.32. The summed E-state index contributed by atoms with van der Waals surface area (Å²) >= 11 is 0. The Bertz CT molecular complexity index is 2430. The Morgan fingerprint density at radius 3 is 2.46 bits per heavy atom. The lowest BCUT2D eigenvalue weighted by Gasteiger charge is -2.36. The molecule has 4 amide bonds. The number of ether oxygens (including phenoxy) is 2. The first-order valence-corrected chi connectivity index (χ1v) is 23.2. The van der Waals surface area contributed by atoms with Gasteiger partial charge in [-0.15, -0.1) is 0 Å². The van der Waals surface area contributed by atoms with Crippen LogP contribution >= 0.6 is 0 Å². The average Bonchev–Trinajstić information content (AvgIpc) is 3.94. The van der Waals surface area contributed by atoms with Gasteiger partial charge in [-0.25, -0.2) is 5.43 Å². The van der Waals surface area contributed by atoms with Crippen molar-refractivity contribution in [3.05, 3.63) is 90.3 Å². The number of aromatic nitrogens is 2. The molecule has 6 rings (SSSR count). The number of hydrazine groups is 1. The molecule has 4 heterocycles. The number of rotatable bonds is 20. The molecule has 0 radical (unpaired) electrons. The smallest absolute Gasteiger partial charge is 0.318 e. The fourth-order valence-electron chi connectivity index (χ4n) is 9.50. The van der Waals surface area contributed by atoms with E-state index in [0.29, 0.717) is 43.0 Å². The summed E-state index contributed by atoms with van der Waals surface area (Å²) in [5.74, 6) is -4.32. The lowest BCUT2D eigenvalue weighted by atomic mass is 9.84. The molecule has 2 aromatic heterocycles. The summed E-state index contributed by atoms with van der Waals surface area (Å²) in [4.78, 5) is 72.5. The molecular formula is C51H65F2N7O7. The number of benzene rings is 2. The van der Waals surface area contributed by atoms with Crippen molar-refractivity contribution < 1.29 is 42.2 Å². The molecule has 0 bridgehead atoms. The Labute approximate surface area is 392 Å². The maximum absolute atomic E-state index is 15.0. The topological polar surface area (TPSA) is 155 Å². The van der Waals surface area contributed by atoms with Gasteiger partial charge >= 0.3 is 6.55 Å². The molecule has 0 aliphatic carbocycles. The van der Waals surface area contributed by atoms with Gasteiger partial charge in [0.2, 0.25) is 17.7 Å². The highest BCUT2D eigenvalue weighted by molar-refractivity contribution is 5.96. The van der Waals surface area contributed by atoms with Crippen LogP contribution < -0.4 is 10.7 Å². The SMILES string of the molecule is C=CC(=O)N1CCC(C(=O)N(C(F)F)C(C(=O)NC(Cc2cccc(-c3ccc4c(c3)c(CC(C)(C)COC=O)c(-c3cccnc3C(C)OC)n4CC)c2)C(=O)N2CCCCN2)C(C)C)C1. The van der Waals surface area contributed by atoms with Gasteiger partial charge in [-0.3, -0.25) is 38.9 Å². The Kier molecular flexibility index (Phi) is 16.7. The second kappa shape index (κ2) is 22.2. The van der Waals surface area contributed by atoms with Crippen molar-refractivity contribution in [2.24, 2.45) is 17.3 Å². The predicted octanol–water partition coefficient (Wildman–Crippen LogP) is 7.10. The van der Waals surface area contributed by atoms with Crippen LogP contribution in [-0.2, 0) is 52.8 Å². The number of carbonyl (C=O) groups is 5. The van der Waals surface area contributed by atoms with E-state index in [9.17, 15) is 32.8 Å². The third-order valence-corrected chi connectivity index (χ3v) is 12.9. The molecule has 4 aromatic rings. The monoisotopic (exact) mass is 925 g/mol. The van der Waals surface area contributed by atoms with Crippen LogP contribution in [-0.4, -0.2) is 113 Å². The lowest BCUT2D eigenvalue weighted by molar-refractivity contribution is -0.163. The van der Waals surface area contributed by atoms with E-state index in [4.69, 9.17) is 14.5 Å². The van der Waals surface area contributed by atoms with Crippen molar-refractivity contribution in [2.45, 2.75) is 105 Å². The maximum atomic E-state index is 15.0.